The van der Waals surface area contributed by atoms with E-state index in [9.17, 15) is 8.78 Å². The zero-order valence-corrected chi connectivity index (χ0v) is 21.7. The van der Waals surface area contributed by atoms with Crippen LogP contribution < -0.4 is 10.5 Å². The van der Waals surface area contributed by atoms with E-state index < -0.39 is 0 Å². The van der Waals surface area contributed by atoms with Crippen LogP contribution in [0.4, 0.5) is 14.5 Å². The summed E-state index contributed by atoms with van der Waals surface area (Å²) in [5.41, 5.74) is 11.3. The maximum absolute atomic E-state index is 14.4. The van der Waals surface area contributed by atoms with Gasteiger partial charge in [-0.05, 0) is 84.0 Å². The van der Waals surface area contributed by atoms with Gasteiger partial charge in [-0.15, -0.1) is 0 Å². The molecule has 3 N–H and O–H groups in total. The van der Waals surface area contributed by atoms with Crippen LogP contribution in [-0.2, 0) is 0 Å². The van der Waals surface area contributed by atoms with Crippen molar-refractivity contribution in [3.05, 3.63) is 93.8 Å². The Bertz CT molecular complexity index is 1280. The summed E-state index contributed by atoms with van der Waals surface area (Å²) in [7, 11) is 0. The molecule has 3 aromatic rings. The van der Waals surface area contributed by atoms with Crippen LogP contribution in [0.1, 0.15) is 48.4 Å². The minimum absolute atomic E-state index is 0.0858. The number of allylic oxidation sites excluding steroid dienone is 1. The summed E-state index contributed by atoms with van der Waals surface area (Å²) in [4.78, 5) is 2.24. The van der Waals surface area contributed by atoms with Crippen LogP contribution in [-0.4, -0.2) is 43.5 Å². The molecule has 194 valence electrons. The molecule has 1 aliphatic heterocycles. The van der Waals surface area contributed by atoms with E-state index >= 15 is 0 Å². The van der Waals surface area contributed by atoms with Gasteiger partial charge in [0.1, 0.15) is 17.7 Å². The second-order valence-corrected chi connectivity index (χ2v) is 9.62. The molecule has 3 aromatic carbocycles. The number of halogens is 3. The van der Waals surface area contributed by atoms with Gasteiger partial charge in [0.2, 0.25) is 0 Å². The predicted molar refractivity (Wildman–Crippen MR) is 149 cm³/mol. The number of nitrogens with two attached hydrogens (primary N) is 1. The highest BCUT2D eigenvalue weighted by Gasteiger charge is 2.24. The molecule has 7 heteroatoms. The van der Waals surface area contributed by atoms with Gasteiger partial charge in [-0.3, -0.25) is 9.29 Å². The van der Waals surface area contributed by atoms with Gasteiger partial charge < -0.3 is 15.9 Å². The highest BCUT2D eigenvalue weighted by Crippen LogP contribution is 2.39. The molecule has 1 heterocycles. The largest absolute Gasteiger partial charge is 0.489 e. The Balaban J connectivity index is 1.70. The summed E-state index contributed by atoms with van der Waals surface area (Å²) in [5.74, 6) is 0.399. The van der Waals surface area contributed by atoms with Crippen LogP contribution in [0.5, 0.6) is 5.75 Å². The average molecular weight is 524 g/mol. The van der Waals surface area contributed by atoms with E-state index in [0.29, 0.717) is 34.7 Å². The number of nitrogen functional groups attached to an aromatic ring is 1. The smallest absolute Gasteiger partial charge is 0.123 e. The van der Waals surface area contributed by atoms with Crippen LogP contribution in [0.2, 0.25) is 5.02 Å². The van der Waals surface area contributed by atoms with Crippen LogP contribution in [0, 0.1) is 11.2 Å². The molecule has 4 nitrogen and oxygen atoms in total. The fraction of sp³-hybridized carbons (Fsp3) is 0.300. The number of rotatable bonds is 10. The van der Waals surface area contributed by atoms with Crippen LogP contribution in [0.3, 0.4) is 0 Å². The highest BCUT2D eigenvalue weighted by atomic mass is 35.5. The van der Waals surface area contributed by atoms with Gasteiger partial charge in [-0.1, -0.05) is 36.7 Å². The minimum Gasteiger partial charge on any atom is -0.489 e. The van der Waals surface area contributed by atoms with Crippen molar-refractivity contribution in [2.24, 2.45) is 0 Å². The summed E-state index contributed by atoms with van der Waals surface area (Å²) < 4.78 is 33.1. The molecule has 0 saturated carbocycles. The Hall–Kier alpha value is -3.22. The van der Waals surface area contributed by atoms with Gasteiger partial charge in [0.15, 0.2) is 0 Å². The van der Waals surface area contributed by atoms with Gasteiger partial charge in [-0.2, -0.15) is 0 Å². The fourth-order valence-electron chi connectivity index (χ4n) is 4.87. The number of nitrogens with zero attached hydrogens (tertiary/aromatic N) is 1. The zero-order valence-electron chi connectivity index (χ0n) is 20.9. The molecule has 1 aliphatic rings. The van der Waals surface area contributed by atoms with E-state index in [1.807, 2.05) is 43.3 Å². The molecule has 37 heavy (non-hydrogen) atoms. The first-order valence-corrected chi connectivity index (χ1v) is 13.0. The van der Waals surface area contributed by atoms with Gasteiger partial charge in [-0.25, -0.2) is 4.39 Å². The lowest BCUT2D eigenvalue weighted by Crippen LogP contribution is -2.26. The number of anilines is 1. The summed E-state index contributed by atoms with van der Waals surface area (Å²) in [5, 5.41) is 8.18. The number of hydrogen-bond acceptors (Lipinski definition) is 4. The van der Waals surface area contributed by atoms with Crippen LogP contribution in [0.15, 0.2) is 60.7 Å². The van der Waals surface area contributed by atoms with Crippen molar-refractivity contribution in [2.45, 2.75) is 32.3 Å². The molecule has 0 aromatic heterocycles. The first-order valence-electron chi connectivity index (χ1n) is 12.6. The standard InChI is InChI=1S/C30H32ClF2N3O/c1-2-26(20-4-8-24(9-5-20)37-25-12-15-36(19-25)14-3-13-32)30(27-17-23(33)7-10-28(27)31)21-6-11-29(35)22(16-21)18-34/h4-11,16-18,25,34H,2-3,12-15,19,35H2,1H3/b30-26-,34-18?. The lowest BCUT2D eigenvalue weighted by molar-refractivity contribution is 0.198. The fourth-order valence-corrected chi connectivity index (χ4v) is 5.08. The third-order valence-corrected chi connectivity index (χ3v) is 7.06. The van der Waals surface area contributed by atoms with E-state index in [1.54, 1.807) is 12.1 Å². The Kier molecular flexibility index (Phi) is 8.95. The lowest BCUT2D eigenvalue weighted by atomic mass is 9.87. The third-order valence-electron chi connectivity index (χ3n) is 6.73. The number of hydrogen-bond donors (Lipinski definition) is 2. The molecule has 0 spiro atoms. The van der Waals surface area contributed by atoms with E-state index in [2.05, 4.69) is 4.90 Å². The predicted octanol–water partition coefficient (Wildman–Crippen LogP) is 7.24. The molecular formula is C30H32ClF2N3O. The summed E-state index contributed by atoms with van der Waals surface area (Å²) in [6.07, 6.45) is 3.44. The van der Waals surface area contributed by atoms with Crippen molar-refractivity contribution in [1.29, 1.82) is 5.41 Å². The molecule has 0 amide bonds. The third kappa shape index (κ3) is 6.38. The number of nitrogens with one attached hydrogen (secondary N) is 1. The molecular weight excluding hydrogens is 492 g/mol. The molecule has 1 atom stereocenters. The molecule has 4 rings (SSSR count). The zero-order chi connectivity index (χ0) is 26.4. The van der Waals surface area contributed by atoms with E-state index in [0.717, 1.165) is 54.1 Å². The maximum atomic E-state index is 14.4. The van der Waals surface area contributed by atoms with Crippen molar-refractivity contribution in [3.63, 3.8) is 0 Å². The van der Waals surface area contributed by atoms with E-state index in [4.69, 9.17) is 27.5 Å². The van der Waals surface area contributed by atoms with Crippen molar-refractivity contribution in [1.82, 2.24) is 4.90 Å². The first kappa shape index (κ1) is 26.8. The van der Waals surface area contributed by atoms with Crippen LogP contribution in [0.25, 0.3) is 11.1 Å². The molecule has 1 unspecified atom stereocenters. The van der Waals surface area contributed by atoms with Crippen LogP contribution >= 0.6 is 11.6 Å². The molecule has 1 fully saturated rings. The monoisotopic (exact) mass is 523 g/mol. The summed E-state index contributed by atoms with van der Waals surface area (Å²) in [6, 6.07) is 17.7. The van der Waals surface area contributed by atoms with Crippen molar-refractivity contribution in [3.8, 4) is 5.75 Å². The van der Waals surface area contributed by atoms with E-state index in [1.165, 1.54) is 18.3 Å². The molecule has 1 saturated heterocycles. The average Bonchev–Trinajstić information content (AvgIpc) is 3.36. The molecule has 0 aliphatic carbocycles. The Morgan fingerprint density at radius 3 is 2.59 bits per heavy atom. The number of ether oxygens (including phenoxy) is 1. The topological polar surface area (TPSA) is 62.3 Å². The highest BCUT2D eigenvalue weighted by molar-refractivity contribution is 6.33. The van der Waals surface area contributed by atoms with Crippen molar-refractivity contribution >= 4 is 34.6 Å². The quantitative estimate of drug-likeness (QED) is 0.167. The lowest BCUT2D eigenvalue weighted by Gasteiger charge is -2.19. The Labute approximate surface area is 222 Å². The SMILES string of the molecule is CC/C(=C(\c1ccc(N)c(C=N)c1)c1cc(F)ccc1Cl)c1ccc(OC2CCN(CCCF)C2)cc1. The maximum Gasteiger partial charge on any atom is 0.123 e. The second kappa shape index (κ2) is 12.3. The number of alkyl halides is 1. The normalized spacial score (nSPS) is 16.5. The van der Waals surface area contributed by atoms with Gasteiger partial charge in [0.05, 0.1) is 6.67 Å². The summed E-state index contributed by atoms with van der Waals surface area (Å²) in [6.45, 7) is 4.24. The van der Waals surface area contributed by atoms with Gasteiger partial charge in [0.25, 0.3) is 0 Å². The van der Waals surface area contributed by atoms with E-state index in [-0.39, 0.29) is 18.6 Å². The second-order valence-electron chi connectivity index (χ2n) is 9.22. The van der Waals surface area contributed by atoms with Gasteiger partial charge >= 0.3 is 0 Å². The Morgan fingerprint density at radius 2 is 1.89 bits per heavy atom. The first-order chi connectivity index (χ1) is 17.9. The van der Waals surface area contributed by atoms with Gasteiger partial charge in [0, 0.05) is 47.7 Å². The number of benzene rings is 3. The summed E-state index contributed by atoms with van der Waals surface area (Å²) >= 11 is 6.58. The Morgan fingerprint density at radius 1 is 1.14 bits per heavy atom. The molecule has 0 radical (unpaired) electrons. The van der Waals surface area contributed by atoms with Crippen molar-refractivity contribution < 1.29 is 13.5 Å². The van der Waals surface area contributed by atoms with Crippen molar-refractivity contribution in [2.75, 3.05) is 32.0 Å². The molecule has 0 bridgehead atoms. The number of likely N-dealkylation sites (tertiary alicyclic amines) is 1. The minimum atomic E-state index is -0.379.